The second-order valence-electron chi connectivity index (χ2n) is 2.96. The molecule has 0 amide bonds. The minimum absolute atomic E-state index is 0.230. The van der Waals surface area contributed by atoms with Crippen molar-refractivity contribution in [3.05, 3.63) is 29.5 Å². The van der Waals surface area contributed by atoms with Crippen molar-refractivity contribution in [2.45, 2.75) is 32.6 Å². The average Bonchev–Trinajstić information content (AvgIpc) is 2.56. The summed E-state index contributed by atoms with van der Waals surface area (Å²) in [6, 6.07) is 0. The van der Waals surface area contributed by atoms with Crippen LogP contribution in [0.15, 0.2) is 29.5 Å². The summed E-state index contributed by atoms with van der Waals surface area (Å²) in [6.45, 7) is 2.14. The van der Waals surface area contributed by atoms with Gasteiger partial charge in [0.1, 0.15) is 0 Å². The Balaban J connectivity index is 2.29. The second kappa shape index (κ2) is 4.74. The maximum Gasteiger partial charge on any atom is 0.170 e. The standard InChI is InChI=1S/C11H14O/c1-2-3-4-9-11(12)10-7-5-6-8-10/h5-7H,2-4,9H2,1H3. The monoisotopic (exact) mass is 162 g/mol. The summed E-state index contributed by atoms with van der Waals surface area (Å²) in [6.07, 6.45) is 9.46. The third-order valence-corrected chi connectivity index (χ3v) is 1.91. The van der Waals surface area contributed by atoms with E-state index in [0.717, 1.165) is 24.8 Å². The zero-order valence-corrected chi connectivity index (χ0v) is 7.47. The Kier molecular flexibility index (Phi) is 3.56. The van der Waals surface area contributed by atoms with Crippen LogP contribution in [0.2, 0.25) is 0 Å². The van der Waals surface area contributed by atoms with E-state index in [1.54, 1.807) is 6.08 Å². The van der Waals surface area contributed by atoms with Gasteiger partial charge in [-0.15, -0.1) is 5.73 Å². The molecule has 0 bridgehead atoms. The van der Waals surface area contributed by atoms with Gasteiger partial charge < -0.3 is 0 Å². The maximum atomic E-state index is 11.3. The fraction of sp³-hybridized carbons (Fsp3) is 0.455. The lowest BCUT2D eigenvalue weighted by Gasteiger charge is -1.96. The van der Waals surface area contributed by atoms with E-state index in [9.17, 15) is 4.79 Å². The molecule has 1 aliphatic rings. The predicted octanol–water partition coefficient (Wildman–Crippen LogP) is 2.79. The van der Waals surface area contributed by atoms with E-state index in [4.69, 9.17) is 0 Å². The molecule has 0 saturated carbocycles. The van der Waals surface area contributed by atoms with Crippen molar-refractivity contribution in [2.24, 2.45) is 0 Å². The molecule has 0 unspecified atom stereocenters. The molecule has 0 fully saturated rings. The first-order valence-corrected chi connectivity index (χ1v) is 4.51. The van der Waals surface area contributed by atoms with Crippen molar-refractivity contribution in [2.75, 3.05) is 0 Å². The van der Waals surface area contributed by atoms with E-state index < -0.39 is 0 Å². The minimum atomic E-state index is 0.230. The molecule has 0 aromatic rings. The molecule has 0 aliphatic heterocycles. The van der Waals surface area contributed by atoms with Crippen molar-refractivity contribution >= 4 is 5.78 Å². The van der Waals surface area contributed by atoms with Gasteiger partial charge in [-0.2, -0.15) is 0 Å². The zero-order valence-electron chi connectivity index (χ0n) is 7.47. The third-order valence-electron chi connectivity index (χ3n) is 1.91. The van der Waals surface area contributed by atoms with E-state index in [-0.39, 0.29) is 5.78 Å². The Morgan fingerprint density at radius 2 is 2.33 bits per heavy atom. The third kappa shape index (κ3) is 2.52. The van der Waals surface area contributed by atoms with Crippen LogP contribution in [0.5, 0.6) is 0 Å². The smallest absolute Gasteiger partial charge is 0.170 e. The van der Waals surface area contributed by atoms with Crippen LogP contribution >= 0.6 is 0 Å². The molecule has 0 aromatic carbocycles. The van der Waals surface area contributed by atoms with E-state index in [1.807, 2.05) is 12.2 Å². The first-order valence-electron chi connectivity index (χ1n) is 4.51. The Labute approximate surface area is 73.5 Å². The van der Waals surface area contributed by atoms with Gasteiger partial charge >= 0.3 is 0 Å². The molecule has 1 rings (SSSR count). The number of hydrogen-bond acceptors (Lipinski definition) is 1. The molecule has 0 N–H and O–H groups in total. The summed E-state index contributed by atoms with van der Waals surface area (Å²) in [4.78, 5) is 11.3. The first-order chi connectivity index (χ1) is 5.84. The van der Waals surface area contributed by atoms with Crippen molar-refractivity contribution in [1.82, 2.24) is 0 Å². The highest BCUT2D eigenvalue weighted by Gasteiger charge is 2.06. The van der Waals surface area contributed by atoms with Gasteiger partial charge in [0.2, 0.25) is 0 Å². The van der Waals surface area contributed by atoms with E-state index >= 15 is 0 Å². The Bertz CT molecular complexity index is 252. The number of rotatable bonds is 5. The highest BCUT2D eigenvalue weighted by Crippen LogP contribution is 2.09. The summed E-state index contributed by atoms with van der Waals surface area (Å²) in [5.74, 6) is 0.230. The number of carbonyl (C=O) groups is 1. The van der Waals surface area contributed by atoms with Gasteiger partial charge in [-0.1, -0.05) is 25.8 Å². The topological polar surface area (TPSA) is 17.1 Å². The van der Waals surface area contributed by atoms with Gasteiger partial charge in [0, 0.05) is 6.42 Å². The SMILES string of the molecule is CCCCCC(=O)C1=C=CC=C1. The van der Waals surface area contributed by atoms with Crippen LogP contribution in [-0.2, 0) is 4.79 Å². The Morgan fingerprint density at radius 3 is 2.92 bits per heavy atom. The van der Waals surface area contributed by atoms with Gasteiger partial charge in [0.25, 0.3) is 0 Å². The Hall–Kier alpha value is -1.07. The van der Waals surface area contributed by atoms with Crippen LogP contribution in [0.4, 0.5) is 0 Å². The molecule has 12 heavy (non-hydrogen) atoms. The van der Waals surface area contributed by atoms with E-state index in [0.29, 0.717) is 6.42 Å². The molecule has 0 aromatic heterocycles. The number of allylic oxidation sites excluding steroid dienone is 3. The van der Waals surface area contributed by atoms with E-state index in [2.05, 4.69) is 12.7 Å². The number of unbranched alkanes of at least 4 members (excludes halogenated alkanes) is 2. The quantitative estimate of drug-likeness (QED) is 0.448. The van der Waals surface area contributed by atoms with E-state index in [1.165, 1.54) is 0 Å². The number of Topliss-reactive ketones (excluding diaryl/α,β-unsaturated/α-hetero) is 1. The van der Waals surface area contributed by atoms with Crippen LogP contribution in [0, 0.1) is 0 Å². The highest BCUT2D eigenvalue weighted by molar-refractivity contribution is 5.98. The van der Waals surface area contributed by atoms with Gasteiger partial charge in [-0.05, 0) is 18.6 Å². The fourth-order valence-electron chi connectivity index (χ4n) is 1.17. The molecular weight excluding hydrogens is 148 g/mol. The van der Waals surface area contributed by atoms with Crippen molar-refractivity contribution in [3.8, 4) is 0 Å². The second-order valence-corrected chi connectivity index (χ2v) is 2.96. The molecule has 0 heterocycles. The molecule has 1 nitrogen and oxygen atoms in total. The lowest BCUT2D eigenvalue weighted by Crippen LogP contribution is -1.98. The number of hydrogen-bond donors (Lipinski definition) is 0. The molecule has 1 aliphatic carbocycles. The highest BCUT2D eigenvalue weighted by atomic mass is 16.1. The first kappa shape index (κ1) is 9.02. The predicted molar refractivity (Wildman–Crippen MR) is 49.9 cm³/mol. The van der Waals surface area contributed by atoms with Crippen LogP contribution in [0.25, 0.3) is 0 Å². The van der Waals surface area contributed by atoms with Crippen molar-refractivity contribution in [1.29, 1.82) is 0 Å². The van der Waals surface area contributed by atoms with Gasteiger partial charge in [-0.3, -0.25) is 4.79 Å². The maximum absolute atomic E-state index is 11.3. The van der Waals surface area contributed by atoms with Gasteiger partial charge in [-0.25, -0.2) is 0 Å². The summed E-state index contributed by atoms with van der Waals surface area (Å²) in [7, 11) is 0. The number of ketones is 1. The van der Waals surface area contributed by atoms with Crippen LogP contribution in [0.3, 0.4) is 0 Å². The lowest BCUT2D eigenvalue weighted by atomic mass is 10.1. The summed E-state index contributed by atoms with van der Waals surface area (Å²) < 4.78 is 0. The van der Waals surface area contributed by atoms with Crippen LogP contribution in [0.1, 0.15) is 32.6 Å². The van der Waals surface area contributed by atoms with Crippen LogP contribution < -0.4 is 0 Å². The van der Waals surface area contributed by atoms with Gasteiger partial charge in [0.15, 0.2) is 5.78 Å². The number of carbonyl (C=O) groups excluding carboxylic acids is 1. The largest absolute Gasteiger partial charge is 0.293 e. The molecule has 0 atom stereocenters. The summed E-state index contributed by atoms with van der Waals surface area (Å²) >= 11 is 0. The van der Waals surface area contributed by atoms with Crippen LogP contribution in [-0.4, -0.2) is 5.78 Å². The summed E-state index contributed by atoms with van der Waals surface area (Å²) in [5, 5.41) is 0. The lowest BCUT2D eigenvalue weighted by molar-refractivity contribution is -0.115. The molecule has 0 saturated heterocycles. The Morgan fingerprint density at radius 1 is 1.50 bits per heavy atom. The minimum Gasteiger partial charge on any atom is -0.293 e. The molecule has 0 spiro atoms. The normalized spacial score (nSPS) is 13.6. The van der Waals surface area contributed by atoms with Crippen molar-refractivity contribution < 1.29 is 4.79 Å². The average molecular weight is 162 g/mol. The van der Waals surface area contributed by atoms with Crippen molar-refractivity contribution in [3.63, 3.8) is 0 Å². The molecule has 64 valence electrons. The molecule has 0 radical (unpaired) electrons. The molecular formula is C11H14O. The zero-order chi connectivity index (χ0) is 8.81. The summed E-state index contributed by atoms with van der Waals surface area (Å²) in [5.41, 5.74) is 3.66. The fourth-order valence-corrected chi connectivity index (χ4v) is 1.17. The molecule has 1 heteroatoms. The van der Waals surface area contributed by atoms with Gasteiger partial charge in [0.05, 0.1) is 5.57 Å².